The smallest absolute Gasteiger partial charge is 0.272 e. The van der Waals surface area contributed by atoms with E-state index in [2.05, 4.69) is 19.9 Å². The number of rotatable bonds is 2. The quantitative estimate of drug-likeness (QED) is 0.638. The summed E-state index contributed by atoms with van der Waals surface area (Å²) in [6.07, 6.45) is 4.58. The molecular weight excluding hydrogens is 335 g/mol. The largest absolute Gasteiger partial charge is 0.348 e. The molecule has 0 saturated carbocycles. The average molecular weight is 354 g/mol. The molecule has 6 nitrogen and oxygen atoms in total. The number of nitrogens with one attached hydrogen (secondary N) is 3. The first-order chi connectivity index (χ1) is 12.2. The SMILES string of the molecule is CC(C)(C)c1[nH]cnc1/C=c1/[nH]c(=O)/c(=C\c2ccc(F)cc2)[nH]c1=O. The van der Waals surface area contributed by atoms with Gasteiger partial charge >= 0.3 is 0 Å². The third-order valence-corrected chi connectivity index (χ3v) is 3.87. The van der Waals surface area contributed by atoms with Gasteiger partial charge in [0.1, 0.15) is 16.5 Å². The summed E-state index contributed by atoms with van der Waals surface area (Å²) in [6, 6.07) is 5.61. The second kappa shape index (κ2) is 6.59. The molecule has 134 valence electrons. The maximum Gasteiger partial charge on any atom is 0.272 e. The van der Waals surface area contributed by atoms with Gasteiger partial charge in [-0.15, -0.1) is 0 Å². The Morgan fingerprint density at radius 1 is 0.962 bits per heavy atom. The summed E-state index contributed by atoms with van der Waals surface area (Å²) in [5.74, 6) is -0.372. The van der Waals surface area contributed by atoms with Crippen molar-refractivity contribution < 1.29 is 4.39 Å². The lowest BCUT2D eigenvalue weighted by atomic mass is 9.90. The fourth-order valence-electron chi connectivity index (χ4n) is 2.57. The van der Waals surface area contributed by atoms with E-state index in [1.165, 1.54) is 30.3 Å². The lowest BCUT2D eigenvalue weighted by Gasteiger charge is -2.16. The van der Waals surface area contributed by atoms with Crippen molar-refractivity contribution in [2.24, 2.45) is 0 Å². The van der Waals surface area contributed by atoms with Crippen LogP contribution >= 0.6 is 0 Å². The van der Waals surface area contributed by atoms with Crippen LogP contribution in [-0.4, -0.2) is 19.9 Å². The second-order valence-corrected chi connectivity index (χ2v) is 6.99. The van der Waals surface area contributed by atoms with Crippen LogP contribution in [0.4, 0.5) is 4.39 Å². The first-order valence-corrected chi connectivity index (χ1v) is 8.09. The zero-order chi connectivity index (χ0) is 18.9. The highest BCUT2D eigenvalue weighted by Crippen LogP contribution is 2.22. The summed E-state index contributed by atoms with van der Waals surface area (Å²) >= 11 is 0. The zero-order valence-electron chi connectivity index (χ0n) is 14.7. The number of benzene rings is 1. The molecule has 0 saturated heterocycles. The number of aromatic amines is 3. The van der Waals surface area contributed by atoms with Crippen molar-refractivity contribution in [1.29, 1.82) is 0 Å². The van der Waals surface area contributed by atoms with E-state index in [0.29, 0.717) is 11.3 Å². The van der Waals surface area contributed by atoms with Gasteiger partial charge in [0, 0.05) is 11.1 Å². The summed E-state index contributed by atoms with van der Waals surface area (Å²) in [7, 11) is 0. The first kappa shape index (κ1) is 17.6. The highest BCUT2D eigenvalue weighted by molar-refractivity contribution is 5.49. The molecule has 3 N–H and O–H groups in total. The van der Waals surface area contributed by atoms with Crippen LogP contribution < -0.4 is 21.8 Å². The number of hydrogen-bond acceptors (Lipinski definition) is 3. The molecule has 0 aliphatic carbocycles. The van der Waals surface area contributed by atoms with Gasteiger partial charge in [-0.25, -0.2) is 9.37 Å². The van der Waals surface area contributed by atoms with Crippen molar-refractivity contribution >= 4 is 12.2 Å². The number of imidazole rings is 1. The van der Waals surface area contributed by atoms with Crippen LogP contribution in [-0.2, 0) is 5.41 Å². The van der Waals surface area contributed by atoms with E-state index in [9.17, 15) is 14.0 Å². The molecule has 3 aromatic rings. The van der Waals surface area contributed by atoms with E-state index in [-0.39, 0.29) is 21.9 Å². The highest BCUT2D eigenvalue weighted by Gasteiger charge is 2.19. The summed E-state index contributed by atoms with van der Waals surface area (Å²) in [6.45, 7) is 6.06. The minimum atomic E-state index is -0.451. The molecule has 0 amide bonds. The number of H-pyrrole nitrogens is 3. The number of halogens is 1. The third kappa shape index (κ3) is 3.72. The standard InChI is InChI=1S/C19H19FN4O2/c1-19(2,3)16-13(21-10-22-16)9-15-18(26)23-14(17(25)24-15)8-11-4-6-12(20)7-5-11/h4-10H,1-3H3,(H,21,22)(H,23,26)(H,24,25)/b14-8+,15-9+. The Morgan fingerprint density at radius 2 is 1.54 bits per heavy atom. The summed E-state index contributed by atoms with van der Waals surface area (Å²) in [5, 5.41) is 0.209. The molecule has 0 bridgehead atoms. The topological polar surface area (TPSA) is 94.4 Å². The van der Waals surface area contributed by atoms with Gasteiger partial charge in [0.15, 0.2) is 0 Å². The highest BCUT2D eigenvalue weighted by atomic mass is 19.1. The summed E-state index contributed by atoms with van der Waals surface area (Å²) < 4.78 is 13.0. The molecule has 0 atom stereocenters. The Bertz CT molecular complexity index is 1160. The number of nitrogens with zero attached hydrogens (tertiary/aromatic N) is 1. The van der Waals surface area contributed by atoms with Crippen LogP contribution in [0.2, 0.25) is 0 Å². The lowest BCUT2D eigenvalue weighted by Crippen LogP contribution is -2.46. The van der Waals surface area contributed by atoms with Crippen LogP contribution in [0.15, 0.2) is 40.2 Å². The molecule has 0 aliphatic rings. The Balaban J connectivity index is 2.12. The molecule has 26 heavy (non-hydrogen) atoms. The number of hydrogen-bond donors (Lipinski definition) is 3. The summed E-state index contributed by atoms with van der Waals surface area (Å²) in [4.78, 5) is 37.1. The maximum absolute atomic E-state index is 13.0. The van der Waals surface area contributed by atoms with Crippen LogP contribution in [0.1, 0.15) is 37.7 Å². The average Bonchev–Trinajstić information content (AvgIpc) is 3.03. The van der Waals surface area contributed by atoms with Crippen molar-refractivity contribution in [2.75, 3.05) is 0 Å². The third-order valence-electron chi connectivity index (χ3n) is 3.87. The van der Waals surface area contributed by atoms with Gasteiger partial charge in [-0.3, -0.25) is 9.59 Å². The van der Waals surface area contributed by atoms with E-state index < -0.39 is 11.1 Å². The van der Waals surface area contributed by atoms with Gasteiger partial charge < -0.3 is 15.0 Å². The Kier molecular flexibility index (Phi) is 4.46. The predicted molar refractivity (Wildman–Crippen MR) is 97.8 cm³/mol. The minimum Gasteiger partial charge on any atom is -0.348 e. The molecular formula is C19H19FN4O2. The van der Waals surface area contributed by atoms with Crippen molar-refractivity contribution in [3.63, 3.8) is 0 Å². The van der Waals surface area contributed by atoms with Crippen molar-refractivity contribution in [1.82, 2.24) is 19.9 Å². The Morgan fingerprint density at radius 3 is 2.12 bits per heavy atom. The van der Waals surface area contributed by atoms with E-state index in [1.54, 1.807) is 12.4 Å². The molecule has 0 aliphatic heterocycles. The fraction of sp³-hybridized carbons (Fsp3) is 0.211. The second-order valence-electron chi connectivity index (χ2n) is 6.99. The molecule has 2 heterocycles. The molecule has 0 unspecified atom stereocenters. The predicted octanol–water partition coefficient (Wildman–Crippen LogP) is 0.880. The molecule has 0 fully saturated rings. The first-order valence-electron chi connectivity index (χ1n) is 8.09. The Hall–Kier alpha value is -3.22. The van der Waals surface area contributed by atoms with E-state index >= 15 is 0 Å². The van der Waals surface area contributed by atoms with Gasteiger partial charge in [0.25, 0.3) is 11.1 Å². The van der Waals surface area contributed by atoms with Crippen LogP contribution in [0.25, 0.3) is 12.2 Å². The van der Waals surface area contributed by atoms with E-state index in [0.717, 1.165) is 5.69 Å². The normalized spacial score (nSPS) is 13.4. The van der Waals surface area contributed by atoms with Gasteiger partial charge in [0.2, 0.25) is 0 Å². The summed E-state index contributed by atoms with van der Waals surface area (Å²) in [5.41, 5.74) is 0.972. The van der Waals surface area contributed by atoms with Gasteiger partial charge in [0.05, 0.1) is 12.0 Å². The van der Waals surface area contributed by atoms with Gasteiger partial charge in [-0.05, 0) is 29.8 Å². The molecule has 7 heteroatoms. The van der Waals surface area contributed by atoms with Crippen LogP contribution in [0, 0.1) is 5.82 Å². The Labute approximate surface area is 148 Å². The monoisotopic (exact) mass is 354 g/mol. The molecule has 0 spiro atoms. The minimum absolute atomic E-state index is 0.0943. The number of aromatic nitrogens is 4. The van der Waals surface area contributed by atoms with E-state index in [4.69, 9.17) is 0 Å². The molecule has 2 aromatic heterocycles. The van der Waals surface area contributed by atoms with Crippen LogP contribution in [0.5, 0.6) is 0 Å². The molecule has 0 radical (unpaired) electrons. The zero-order valence-corrected chi connectivity index (χ0v) is 14.7. The molecule has 3 rings (SSSR count). The van der Waals surface area contributed by atoms with Crippen molar-refractivity contribution in [3.8, 4) is 0 Å². The van der Waals surface area contributed by atoms with Crippen molar-refractivity contribution in [3.05, 3.63) is 84.8 Å². The maximum atomic E-state index is 13.0. The van der Waals surface area contributed by atoms with Gasteiger partial charge in [-0.2, -0.15) is 0 Å². The fourth-order valence-corrected chi connectivity index (χ4v) is 2.57. The van der Waals surface area contributed by atoms with Gasteiger partial charge in [-0.1, -0.05) is 32.9 Å². The van der Waals surface area contributed by atoms with Crippen LogP contribution in [0.3, 0.4) is 0 Å². The van der Waals surface area contributed by atoms with E-state index in [1.807, 2.05) is 20.8 Å². The molecule has 1 aromatic carbocycles. The lowest BCUT2D eigenvalue weighted by molar-refractivity contribution is 0.571. The van der Waals surface area contributed by atoms with Crippen molar-refractivity contribution in [2.45, 2.75) is 26.2 Å².